The molecule has 2 heterocycles. The van der Waals surface area contributed by atoms with Gasteiger partial charge in [-0.25, -0.2) is 0 Å². The van der Waals surface area contributed by atoms with Crippen LogP contribution in [0, 0.1) is 0 Å². The minimum absolute atomic E-state index is 0.515. The number of aliphatic hydroxyl groups excluding tert-OH is 1. The topological polar surface area (TPSA) is 50.1 Å². The summed E-state index contributed by atoms with van der Waals surface area (Å²) >= 11 is 6.21. The summed E-state index contributed by atoms with van der Waals surface area (Å²) < 4.78 is 1.79. The average Bonchev–Trinajstić information content (AvgIpc) is 3.05. The van der Waals surface area contributed by atoms with E-state index < -0.39 is 6.10 Å². The number of aryl methyl sites for hydroxylation is 1. The molecule has 1 unspecified atom stereocenters. The Labute approximate surface area is 123 Å². The number of rotatable bonds is 4. The summed E-state index contributed by atoms with van der Waals surface area (Å²) in [5.41, 5.74) is 3.84. The van der Waals surface area contributed by atoms with Crippen molar-refractivity contribution in [3.05, 3.63) is 46.2 Å². The van der Waals surface area contributed by atoms with E-state index in [0.29, 0.717) is 10.7 Å². The Morgan fingerprint density at radius 1 is 1.50 bits per heavy atom. The van der Waals surface area contributed by atoms with Crippen molar-refractivity contribution in [2.24, 2.45) is 0 Å². The molecule has 5 heteroatoms. The Morgan fingerprint density at radius 2 is 2.35 bits per heavy atom. The number of aromatic nitrogens is 2. The Balaban J connectivity index is 2.03. The minimum Gasteiger partial charge on any atom is -0.384 e. The van der Waals surface area contributed by atoms with E-state index in [9.17, 15) is 5.11 Å². The molecule has 0 aliphatic carbocycles. The zero-order valence-corrected chi connectivity index (χ0v) is 12.2. The highest BCUT2D eigenvalue weighted by molar-refractivity contribution is 6.31. The maximum atomic E-state index is 10.7. The molecule has 0 bridgehead atoms. The summed E-state index contributed by atoms with van der Waals surface area (Å²) in [5, 5.41) is 18.9. The fraction of sp³-hybridized carbons (Fsp3) is 0.400. The van der Waals surface area contributed by atoms with Gasteiger partial charge in [0.15, 0.2) is 0 Å². The largest absolute Gasteiger partial charge is 0.384 e. The molecule has 2 aromatic rings. The van der Waals surface area contributed by atoms with E-state index in [-0.39, 0.29) is 0 Å². The van der Waals surface area contributed by atoms with Crippen LogP contribution in [0.1, 0.15) is 36.3 Å². The van der Waals surface area contributed by atoms with Crippen LogP contribution in [-0.2, 0) is 13.0 Å². The number of nitrogens with zero attached hydrogens (tertiary/aromatic N) is 2. The molecule has 20 heavy (non-hydrogen) atoms. The minimum atomic E-state index is -0.753. The SMILES string of the molecule is CCCn1ncc(Cl)c1C(O)c1cccc2c1NCC2. The van der Waals surface area contributed by atoms with Gasteiger partial charge in [0.05, 0.1) is 16.9 Å². The van der Waals surface area contributed by atoms with Crippen molar-refractivity contribution in [1.82, 2.24) is 9.78 Å². The lowest BCUT2D eigenvalue weighted by Crippen LogP contribution is -2.12. The number of hydrogen-bond acceptors (Lipinski definition) is 3. The number of fused-ring (bicyclic) bond motifs is 1. The number of benzene rings is 1. The smallest absolute Gasteiger partial charge is 0.124 e. The van der Waals surface area contributed by atoms with Crippen molar-refractivity contribution < 1.29 is 5.11 Å². The highest BCUT2D eigenvalue weighted by atomic mass is 35.5. The highest BCUT2D eigenvalue weighted by Gasteiger charge is 2.24. The van der Waals surface area contributed by atoms with Crippen LogP contribution in [0.15, 0.2) is 24.4 Å². The fourth-order valence-corrected chi connectivity index (χ4v) is 3.02. The number of anilines is 1. The zero-order chi connectivity index (χ0) is 14.1. The lowest BCUT2D eigenvalue weighted by molar-refractivity contribution is 0.208. The molecule has 1 aliphatic heterocycles. The van der Waals surface area contributed by atoms with Crippen LogP contribution in [0.4, 0.5) is 5.69 Å². The first-order valence-corrected chi connectivity index (χ1v) is 7.35. The molecule has 0 saturated heterocycles. The number of hydrogen-bond donors (Lipinski definition) is 2. The van der Waals surface area contributed by atoms with E-state index in [1.807, 2.05) is 12.1 Å². The molecule has 1 aromatic carbocycles. The van der Waals surface area contributed by atoms with Gasteiger partial charge in [0.1, 0.15) is 6.10 Å². The third-order valence-electron chi connectivity index (χ3n) is 3.70. The molecule has 0 spiro atoms. The third kappa shape index (κ3) is 2.19. The summed E-state index contributed by atoms with van der Waals surface area (Å²) in [6.45, 7) is 3.75. The number of nitrogens with one attached hydrogen (secondary N) is 1. The Hall–Kier alpha value is -1.52. The van der Waals surface area contributed by atoms with Crippen molar-refractivity contribution in [3.63, 3.8) is 0 Å². The molecule has 4 nitrogen and oxygen atoms in total. The second-order valence-corrected chi connectivity index (χ2v) is 5.47. The second kappa shape index (κ2) is 5.46. The summed E-state index contributed by atoms with van der Waals surface area (Å²) in [5.74, 6) is 0. The molecule has 1 aromatic heterocycles. The van der Waals surface area contributed by atoms with E-state index in [4.69, 9.17) is 11.6 Å². The van der Waals surface area contributed by atoms with Gasteiger partial charge in [-0.15, -0.1) is 0 Å². The maximum absolute atomic E-state index is 10.7. The Bertz CT molecular complexity index is 624. The van der Waals surface area contributed by atoms with Gasteiger partial charge >= 0.3 is 0 Å². The number of para-hydroxylation sites is 1. The van der Waals surface area contributed by atoms with Gasteiger partial charge in [0.2, 0.25) is 0 Å². The summed E-state index contributed by atoms with van der Waals surface area (Å²) in [7, 11) is 0. The predicted molar refractivity (Wildman–Crippen MR) is 80.2 cm³/mol. The molecular formula is C15H18ClN3O. The number of halogens is 1. The Morgan fingerprint density at radius 3 is 3.15 bits per heavy atom. The van der Waals surface area contributed by atoms with Gasteiger partial charge in [-0.2, -0.15) is 5.10 Å². The average molecular weight is 292 g/mol. The molecule has 0 fully saturated rings. The van der Waals surface area contributed by atoms with Crippen LogP contribution in [0.25, 0.3) is 0 Å². The molecule has 106 valence electrons. The summed E-state index contributed by atoms with van der Waals surface area (Å²) in [6, 6.07) is 6.02. The first-order valence-electron chi connectivity index (χ1n) is 6.97. The fourth-order valence-electron chi connectivity index (χ4n) is 2.78. The van der Waals surface area contributed by atoms with Crippen molar-refractivity contribution >= 4 is 17.3 Å². The van der Waals surface area contributed by atoms with E-state index in [2.05, 4.69) is 23.4 Å². The van der Waals surface area contributed by atoms with Gasteiger partial charge in [-0.1, -0.05) is 36.7 Å². The molecule has 3 rings (SSSR count). The van der Waals surface area contributed by atoms with Crippen LogP contribution in [0.2, 0.25) is 5.02 Å². The van der Waals surface area contributed by atoms with Crippen molar-refractivity contribution in [2.45, 2.75) is 32.4 Å². The Kier molecular flexibility index (Phi) is 3.68. The van der Waals surface area contributed by atoms with Gasteiger partial charge in [0.25, 0.3) is 0 Å². The quantitative estimate of drug-likeness (QED) is 0.910. The number of aliphatic hydroxyl groups is 1. The summed E-state index contributed by atoms with van der Waals surface area (Å²) in [4.78, 5) is 0. The van der Waals surface area contributed by atoms with Crippen LogP contribution in [0.5, 0.6) is 0 Å². The van der Waals surface area contributed by atoms with Crippen LogP contribution in [0.3, 0.4) is 0 Å². The van der Waals surface area contributed by atoms with Crippen LogP contribution >= 0.6 is 11.6 Å². The maximum Gasteiger partial charge on any atom is 0.124 e. The zero-order valence-electron chi connectivity index (χ0n) is 11.4. The molecule has 0 amide bonds. The van der Waals surface area contributed by atoms with E-state index in [0.717, 1.165) is 37.2 Å². The molecule has 2 N–H and O–H groups in total. The summed E-state index contributed by atoms with van der Waals surface area (Å²) in [6.07, 6.45) is 2.80. The van der Waals surface area contributed by atoms with Gasteiger partial charge in [-0.3, -0.25) is 4.68 Å². The first-order chi connectivity index (χ1) is 9.72. The molecular weight excluding hydrogens is 274 g/mol. The standard InChI is InChI=1S/C15H18ClN3O/c1-2-8-19-14(12(16)9-18-19)15(20)11-5-3-4-10-6-7-17-13(10)11/h3-5,9,15,17,20H,2,6-8H2,1H3. The van der Waals surface area contributed by atoms with E-state index >= 15 is 0 Å². The van der Waals surface area contributed by atoms with Gasteiger partial charge in [-0.05, 0) is 18.4 Å². The molecule has 1 atom stereocenters. The van der Waals surface area contributed by atoms with Crippen LogP contribution < -0.4 is 5.32 Å². The highest BCUT2D eigenvalue weighted by Crippen LogP contribution is 2.36. The normalized spacial score (nSPS) is 14.9. The lowest BCUT2D eigenvalue weighted by Gasteiger charge is -2.17. The van der Waals surface area contributed by atoms with E-state index in [1.54, 1.807) is 10.9 Å². The van der Waals surface area contributed by atoms with Crippen molar-refractivity contribution in [2.75, 3.05) is 11.9 Å². The molecule has 1 aliphatic rings. The monoisotopic (exact) mass is 291 g/mol. The first kappa shape index (κ1) is 13.5. The van der Waals surface area contributed by atoms with Crippen molar-refractivity contribution in [1.29, 1.82) is 0 Å². The lowest BCUT2D eigenvalue weighted by atomic mass is 10.0. The predicted octanol–water partition coefficient (Wildman–Crippen LogP) is 3.00. The van der Waals surface area contributed by atoms with Crippen molar-refractivity contribution in [3.8, 4) is 0 Å². The van der Waals surface area contributed by atoms with Gasteiger partial charge in [0, 0.05) is 24.3 Å². The molecule has 0 radical (unpaired) electrons. The molecule has 0 saturated carbocycles. The second-order valence-electron chi connectivity index (χ2n) is 5.06. The third-order valence-corrected chi connectivity index (χ3v) is 3.99. The van der Waals surface area contributed by atoms with Gasteiger partial charge < -0.3 is 10.4 Å². The van der Waals surface area contributed by atoms with E-state index in [1.165, 1.54) is 5.56 Å². The van der Waals surface area contributed by atoms with Crippen LogP contribution in [-0.4, -0.2) is 21.4 Å².